The first kappa shape index (κ1) is 14.8. The van der Waals surface area contributed by atoms with Crippen LogP contribution < -0.4 is 5.73 Å². The second-order valence-corrected chi connectivity index (χ2v) is 5.98. The molecule has 1 heterocycles. The summed E-state index contributed by atoms with van der Waals surface area (Å²) < 4.78 is 0. The fraction of sp³-hybridized carbons (Fsp3) is 0.316. The zero-order chi connectivity index (χ0) is 15.4. The maximum Gasteiger partial charge on any atom is 0.239 e. The molecule has 0 spiro atoms. The van der Waals surface area contributed by atoms with Gasteiger partial charge in [0, 0.05) is 19.0 Å². The summed E-state index contributed by atoms with van der Waals surface area (Å²) in [5.41, 5.74) is 8.55. The van der Waals surface area contributed by atoms with Crippen LogP contribution >= 0.6 is 0 Å². The van der Waals surface area contributed by atoms with E-state index in [4.69, 9.17) is 5.73 Å². The highest BCUT2D eigenvalue weighted by Crippen LogP contribution is 2.27. The Balaban J connectivity index is 1.59. The molecule has 0 radical (unpaired) electrons. The average Bonchev–Trinajstić information content (AvgIpc) is 3.06. The predicted octanol–water partition coefficient (Wildman–Crippen LogP) is 2.57. The molecule has 0 aromatic heterocycles. The maximum atomic E-state index is 12.5. The van der Waals surface area contributed by atoms with E-state index in [9.17, 15) is 4.79 Å². The molecule has 2 atom stereocenters. The molecule has 0 aliphatic carbocycles. The van der Waals surface area contributed by atoms with E-state index in [2.05, 4.69) is 24.3 Å². The van der Waals surface area contributed by atoms with Crippen molar-refractivity contribution in [3.8, 4) is 0 Å². The molecule has 1 saturated heterocycles. The number of hydrogen-bond donors (Lipinski definition) is 1. The van der Waals surface area contributed by atoms with Crippen molar-refractivity contribution >= 4 is 5.91 Å². The van der Waals surface area contributed by atoms with Crippen LogP contribution in [0.1, 0.15) is 23.5 Å². The van der Waals surface area contributed by atoms with E-state index in [0.717, 1.165) is 25.1 Å². The molecule has 1 amide bonds. The van der Waals surface area contributed by atoms with Crippen LogP contribution in [0.5, 0.6) is 0 Å². The number of rotatable bonds is 4. The highest BCUT2D eigenvalue weighted by atomic mass is 16.2. The van der Waals surface area contributed by atoms with Crippen molar-refractivity contribution in [2.24, 2.45) is 5.73 Å². The van der Waals surface area contributed by atoms with E-state index < -0.39 is 6.04 Å². The van der Waals surface area contributed by atoms with Crippen molar-refractivity contribution in [2.45, 2.75) is 24.8 Å². The number of benzene rings is 2. The lowest BCUT2D eigenvalue weighted by atomic mass is 9.99. The van der Waals surface area contributed by atoms with Gasteiger partial charge >= 0.3 is 0 Å². The molecule has 2 aromatic carbocycles. The molecular weight excluding hydrogens is 272 g/mol. The fourth-order valence-corrected chi connectivity index (χ4v) is 3.15. The first-order chi connectivity index (χ1) is 10.7. The molecule has 0 saturated carbocycles. The zero-order valence-corrected chi connectivity index (χ0v) is 12.7. The average molecular weight is 294 g/mol. The van der Waals surface area contributed by atoms with Crippen molar-refractivity contribution in [3.63, 3.8) is 0 Å². The Labute approximate surface area is 131 Å². The quantitative estimate of drug-likeness (QED) is 0.942. The van der Waals surface area contributed by atoms with Gasteiger partial charge in [0.15, 0.2) is 0 Å². The van der Waals surface area contributed by atoms with Crippen molar-refractivity contribution in [2.75, 3.05) is 13.1 Å². The molecule has 2 aromatic rings. The van der Waals surface area contributed by atoms with Crippen LogP contribution in [0.2, 0.25) is 0 Å². The van der Waals surface area contributed by atoms with Crippen LogP contribution in [0.15, 0.2) is 60.7 Å². The lowest BCUT2D eigenvalue weighted by Gasteiger charge is -2.21. The smallest absolute Gasteiger partial charge is 0.239 e. The number of nitrogens with two attached hydrogens (primary N) is 1. The second-order valence-electron chi connectivity index (χ2n) is 5.98. The van der Waals surface area contributed by atoms with Gasteiger partial charge in [-0.2, -0.15) is 0 Å². The standard InChI is InChI=1S/C19H22N2O/c20-18(13-15-7-3-1-4-8-15)19(22)21-12-11-17(14-21)16-9-5-2-6-10-16/h1-10,17-18H,11-14,20H2/t17?,18-/m0/s1. The molecule has 3 nitrogen and oxygen atoms in total. The predicted molar refractivity (Wildman–Crippen MR) is 88.5 cm³/mol. The molecule has 114 valence electrons. The van der Waals surface area contributed by atoms with E-state index in [0.29, 0.717) is 12.3 Å². The summed E-state index contributed by atoms with van der Waals surface area (Å²) in [5.74, 6) is 0.511. The number of carbonyl (C=O) groups excluding carboxylic acids is 1. The lowest BCUT2D eigenvalue weighted by molar-refractivity contribution is -0.131. The number of hydrogen-bond acceptors (Lipinski definition) is 2. The van der Waals surface area contributed by atoms with Gasteiger partial charge in [-0.1, -0.05) is 60.7 Å². The Hall–Kier alpha value is -2.13. The Morgan fingerprint density at radius 3 is 2.41 bits per heavy atom. The van der Waals surface area contributed by atoms with Crippen LogP contribution in [-0.4, -0.2) is 29.9 Å². The third-order valence-corrected chi connectivity index (χ3v) is 4.39. The van der Waals surface area contributed by atoms with Crippen molar-refractivity contribution in [1.82, 2.24) is 4.90 Å². The topological polar surface area (TPSA) is 46.3 Å². The molecule has 22 heavy (non-hydrogen) atoms. The molecular formula is C19H22N2O. The summed E-state index contributed by atoms with van der Waals surface area (Å²) in [6.45, 7) is 1.59. The summed E-state index contributed by atoms with van der Waals surface area (Å²) in [4.78, 5) is 14.4. The van der Waals surface area contributed by atoms with Crippen molar-refractivity contribution < 1.29 is 4.79 Å². The van der Waals surface area contributed by atoms with Gasteiger partial charge in [0.25, 0.3) is 0 Å². The van der Waals surface area contributed by atoms with Crippen molar-refractivity contribution in [3.05, 3.63) is 71.8 Å². The summed E-state index contributed by atoms with van der Waals surface area (Å²) in [6.07, 6.45) is 1.62. The summed E-state index contributed by atoms with van der Waals surface area (Å²) in [7, 11) is 0. The van der Waals surface area contributed by atoms with Crippen LogP contribution in [-0.2, 0) is 11.2 Å². The normalized spacial score (nSPS) is 19.1. The van der Waals surface area contributed by atoms with Crippen LogP contribution in [0, 0.1) is 0 Å². The molecule has 3 rings (SSSR count). The minimum atomic E-state index is -0.447. The number of nitrogens with zero attached hydrogens (tertiary/aromatic N) is 1. The van der Waals surface area contributed by atoms with Gasteiger partial charge in [-0.05, 0) is 24.0 Å². The second kappa shape index (κ2) is 6.75. The van der Waals surface area contributed by atoms with E-state index in [1.54, 1.807) is 0 Å². The highest BCUT2D eigenvalue weighted by Gasteiger charge is 2.29. The highest BCUT2D eigenvalue weighted by molar-refractivity contribution is 5.82. The largest absolute Gasteiger partial charge is 0.341 e. The Kier molecular flexibility index (Phi) is 4.54. The van der Waals surface area contributed by atoms with Crippen molar-refractivity contribution in [1.29, 1.82) is 0 Å². The minimum Gasteiger partial charge on any atom is -0.341 e. The van der Waals surface area contributed by atoms with E-state index in [1.807, 2.05) is 41.3 Å². The van der Waals surface area contributed by atoms with Gasteiger partial charge in [-0.25, -0.2) is 0 Å². The van der Waals surface area contributed by atoms with Gasteiger partial charge in [0.2, 0.25) is 5.91 Å². The van der Waals surface area contributed by atoms with Gasteiger partial charge in [-0.15, -0.1) is 0 Å². The molecule has 1 fully saturated rings. The summed E-state index contributed by atoms with van der Waals surface area (Å²) >= 11 is 0. The van der Waals surface area contributed by atoms with Crippen LogP contribution in [0.3, 0.4) is 0 Å². The first-order valence-corrected chi connectivity index (χ1v) is 7.87. The monoisotopic (exact) mass is 294 g/mol. The Morgan fingerprint density at radius 1 is 1.09 bits per heavy atom. The Morgan fingerprint density at radius 2 is 1.73 bits per heavy atom. The number of amides is 1. The molecule has 2 N–H and O–H groups in total. The van der Waals surface area contributed by atoms with Gasteiger partial charge in [0.1, 0.15) is 0 Å². The third-order valence-electron chi connectivity index (χ3n) is 4.39. The third kappa shape index (κ3) is 3.37. The number of carbonyl (C=O) groups is 1. The van der Waals surface area contributed by atoms with Gasteiger partial charge in [0.05, 0.1) is 6.04 Å². The molecule has 1 aliphatic rings. The van der Waals surface area contributed by atoms with Crippen LogP contribution in [0.25, 0.3) is 0 Å². The molecule has 0 bridgehead atoms. The molecule has 1 unspecified atom stereocenters. The molecule has 1 aliphatic heterocycles. The van der Waals surface area contributed by atoms with Gasteiger partial charge in [-0.3, -0.25) is 4.79 Å². The summed E-state index contributed by atoms with van der Waals surface area (Å²) in [5, 5.41) is 0. The van der Waals surface area contributed by atoms with E-state index in [-0.39, 0.29) is 5.91 Å². The Bertz CT molecular complexity index is 612. The van der Waals surface area contributed by atoms with E-state index in [1.165, 1.54) is 5.56 Å². The maximum absolute atomic E-state index is 12.5. The number of likely N-dealkylation sites (tertiary alicyclic amines) is 1. The SMILES string of the molecule is N[C@@H](Cc1ccccc1)C(=O)N1CCC(c2ccccc2)C1. The first-order valence-electron chi connectivity index (χ1n) is 7.87. The zero-order valence-electron chi connectivity index (χ0n) is 12.7. The van der Waals surface area contributed by atoms with Crippen LogP contribution in [0.4, 0.5) is 0 Å². The fourth-order valence-electron chi connectivity index (χ4n) is 3.15. The van der Waals surface area contributed by atoms with E-state index >= 15 is 0 Å². The lowest BCUT2D eigenvalue weighted by Crippen LogP contribution is -2.43. The molecule has 3 heteroatoms. The minimum absolute atomic E-state index is 0.0716. The van der Waals surface area contributed by atoms with Gasteiger partial charge < -0.3 is 10.6 Å². The summed E-state index contributed by atoms with van der Waals surface area (Å²) in [6, 6.07) is 19.9.